The molecule has 1 fully saturated rings. The number of aryl methyl sites for hydroxylation is 3. The Labute approximate surface area is 242 Å². The second-order valence-electron chi connectivity index (χ2n) is 10.5. The first-order valence-electron chi connectivity index (χ1n) is 14.3. The summed E-state index contributed by atoms with van der Waals surface area (Å²) in [5.74, 6) is 1.21. The monoisotopic (exact) mass is 555 g/mol. The summed E-state index contributed by atoms with van der Waals surface area (Å²) in [5, 5.41) is 17.8. The Hall–Kier alpha value is -4.08. The van der Waals surface area contributed by atoms with Gasteiger partial charge in [0.05, 0.1) is 24.2 Å². The Morgan fingerprint density at radius 2 is 1.71 bits per heavy atom. The molecule has 41 heavy (non-hydrogen) atoms. The van der Waals surface area contributed by atoms with Crippen LogP contribution in [0.3, 0.4) is 0 Å². The molecule has 9 heteroatoms. The lowest BCUT2D eigenvalue weighted by molar-refractivity contribution is 0.208. The van der Waals surface area contributed by atoms with E-state index in [0.29, 0.717) is 5.95 Å². The highest BCUT2D eigenvalue weighted by atomic mass is 16.5. The SMILES string of the molecule is CCc1cccc(CC)c1NC(O)c1cc(-c2ccnc(Nc3ccc(N4CCN(C)CC4)cc3OC)n2)n(C)c1. The van der Waals surface area contributed by atoms with Crippen molar-refractivity contribution in [1.82, 2.24) is 19.4 Å². The Bertz CT molecular complexity index is 1450. The minimum absolute atomic E-state index is 0.471. The number of anilines is 4. The van der Waals surface area contributed by atoms with Crippen LogP contribution in [0.25, 0.3) is 11.4 Å². The van der Waals surface area contributed by atoms with Crippen LogP contribution in [-0.4, -0.2) is 64.9 Å². The summed E-state index contributed by atoms with van der Waals surface area (Å²) in [7, 11) is 5.79. The molecule has 0 radical (unpaired) electrons. The third-order valence-electron chi connectivity index (χ3n) is 7.84. The predicted molar refractivity (Wildman–Crippen MR) is 166 cm³/mol. The zero-order valence-corrected chi connectivity index (χ0v) is 24.7. The summed E-state index contributed by atoms with van der Waals surface area (Å²) < 4.78 is 7.70. The number of methoxy groups -OCH3 is 1. The van der Waals surface area contributed by atoms with E-state index in [9.17, 15) is 5.11 Å². The fraction of sp³-hybridized carbons (Fsp3) is 0.375. The Morgan fingerprint density at radius 3 is 2.39 bits per heavy atom. The van der Waals surface area contributed by atoms with E-state index in [1.54, 1.807) is 13.3 Å². The number of piperazine rings is 1. The standard InChI is InChI=1S/C32H41N7O2/c1-6-22-9-8-10-23(7-2)30(22)36-31(40)24-19-28(38(4)21-24)26-13-14-33-32(34-26)35-27-12-11-25(20-29(27)41-5)39-17-15-37(3)16-18-39/h8-14,19-21,31,36,40H,6-7,15-18H2,1-5H3,(H,33,34,35). The molecule has 0 saturated carbocycles. The largest absolute Gasteiger partial charge is 0.494 e. The number of likely N-dealkylation sites (N-methyl/N-ethyl adjacent to an activating group) is 1. The van der Waals surface area contributed by atoms with Crippen molar-refractivity contribution in [1.29, 1.82) is 0 Å². The molecule has 3 heterocycles. The molecule has 1 atom stereocenters. The maximum Gasteiger partial charge on any atom is 0.227 e. The van der Waals surface area contributed by atoms with Crippen LogP contribution in [0.1, 0.15) is 36.8 Å². The third-order valence-corrected chi connectivity index (χ3v) is 7.84. The first-order valence-corrected chi connectivity index (χ1v) is 14.3. The summed E-state index contributed by atoms with van der Waals surface area (Å²) >= 11 is 0. The highest BCUT2D eigenvalue weighted by Gasteiger charge is 2.18. The van der Waals surface area contributed by atoms with Crippen LogP contribution < -0.4 is 20.3 Å². The summed E-state index contributed by atoms with van der Waals surface area (Å²) in [6.07, 6.45) is 4.60. The van der Waals surface area contributed by atoms with Gasteiger partial charge in [0.25, 0.3) is 0 Å². The molecule has 4 aromatic rings. The number of aliphatic hydroxyl groups is 1. The minimum atomic E-state index is -0.851. The van der Waals surface area contributed by atoms with E-state index in [2.05, 4.69) is 76.6 Å². The number of nitrogens with zero attached hydrogens (tertiary/aromatic N) is 5. The van der Waals surface area contributed by atoms with E-state index in [4.69, 9.17) is 9.72 Å². The van der Waals surface area contributed by atoms with Crippen LogP contribution in [-0.2, 0) is 19.9 Å². The molecular weight excluding hydrogens is 514 g/mol. The lowest BCUT2D eigenvalue weighted by Crippen LogP contribution is -2.44. The molecule has 1 saturated heterocycles. The summed E-state index contributed by atoms with van der Waals surface area (Å²) in [5.41, 5.74) is 7.74. The smallest absolute Gasteiger partial charge is 0.227 e. The minimum Gasteiger partial charge on any atom is -0.494 e. The summed E-state index contributed by atoms with van der Waals surface area (Å²) in [4.78, 5) is 14.0. The van der Waals surface area contributed by atoms with Crippen molar-refractivity contribution in [2.24, 2.45) is 7.05 Å². The molecule has 216 valence electrons. The third kappa shape index (κ3) is 6.31. The van der Waals surface area contributed by atoms with Crippen molar-refractivity contribution in [2.75, 3.05) is 55.9 Å². The van der Waals surface area contributed by atoms with E-state index < -0.39 is 6.23 Å². The summed E-state index contributed by atoms with van der Waals surface area (Å²) in [6, 6.07) is 16.3. The zero-order valence-electron chi connectivity index (χ0n) is 24.7. The van der Waals surface area contributed by atoms with Gasteiger partial charge < -0.3 is 34.8 Å². The molecule has 1 aliphatic rings. The van der Waals surface area contributed by atoms with Crippen molar-refractivity contribution < 1.29 is 9.84 Å². The number of ether oxygens (including phenoxy) is 1. The van der Waals surface area contributed by atoms with E-state index in [1.807, 2.05) is 36.0 Å². The molecule has 0 bridgehead atoms. The predicted octanol–water partition coefficient (Wildman–Crippen LogP) is 5.21. The number of para-hydroxylation sites is 1. The molecule has 1 aliphatic heterocycles. The Kier molecular flexibility index (Phi) is 8.75. The molecule has 0 spiro atoms. The van der Waals surface area contributed by atoms with Crippen LogP contribution in [0.5, 0.6) is 5.75 Å². The average molecular weight is 556 g/mol. The molecule has 1 unspecified atom stereocenters. The van der Waals surface area contributed by atoms with E-state index in [0.717, 1.165) is 78.8 Å². The fourth-order valence-corrected chi connectivity index (χ4v) is 5.37. The van der Waals surface area contributed by atoms with Crippen molar-refractivity contribution >= 4 is 23.0 Å². The van der Waals surface area contributed by atoms with Crippen LogP contribution in [0.15, 0.2) is 60.9 Å². The molecule has 2 aromatic carbocycles. The number of nitrogens with one attached hydrogen (secondary N) is 2. The van der Waals surface area contributed by atoms with Crippen molar-refractivity contribution in [3.63, 3.8) is 0 Å². The van der Waals surface area contributed by atoms with E-state index in [-0.39, 0.29) is 0 Å². The number of aliphatic hydroxyl groups excluding tert-OH is 1. The van der Waals surface area contributed by atoms with Gasteiger partial charge in [-0.15, -0.1) is 0 Å². The first kappa shape index (κ1) is 28.4. The molecule has 0 amide bonds. The van der Waals surface area contributed by atoms with E-state index in [1.165, 1.54) is 11.1 Å². The van der Waals surface area contributed by atoms with Gasteiger partial charge in [0.1, 0.15) is 5.75 Å². The lowest BCUT2D eigenvalue weighted by Gasteiger charge is -2.34. The van der Waals surface area contributed by atoms with Gasteiger partial charge in [-0.05, 0) is 55.3 Å². The maximum atomic E-state index is 11.1. The van der Waals surface area contributed by atoms with Crippen LogP contribution in [0.2, 0.25) is 0 Å². The van der Waals surface area contributed by atoms with Gasteiger partial charge in [0.15, 0.2) is 6.23 Å². The van der Waals surface area contributed by atoms with Gasteiger partial charge in [-0.2, -0.15) is 0 Å². The lowest BCUT2D eigenvalue weighted by atomic mass is 10.0. The van der Waals surface area contributed by atoms with Gasteiger partial charge in [-0.25, -0.2) is 9.97 Å². The molecule has 2 aromatic heterocycles. The molecule has 0 aliphatic carbocycles. The van der Waals surface area contributed by atoms with Crippen LogP contribution in [0.4, 0.5) is 23.0 Å². The van der Waals surface area contributed by atoms with Gasteiger partial charge in [0.2, 0.25) is 5.95 Å². The number of aromatic nitrogens is 3. The van der Waals surface area contributed by atoms with Crippen molar-refractivity contribution in [3.05, 3.63) is 77.6 Å². The van der Waals surface area contributed by atoms with Crippen molar-refractivity contribution in [3.8, 4) is 17.1 Å². The molecule has 5 rings (SSSR count). The Balaban J connectivity index is 1.34. The summed E-state index contributed by atoms with van der Waals surface area (Å²) in [6.45, 7) is 8.33. The van der Waals surface area contributed by atoms with E-state index >= 15 is 0 Å². The van der Waals surface area contributed by atoms with Crippen LogP contribution in [0, 0.1) is 0 Å². The quantitative estimate of drug-likeness (QED) is 0.230. The Morgan fingerprint density at radius 1 is 0.976 bits per heavy atom. The second kappa shape index (κ2) is 12.6. The van der Waals surface area contributed by atoms with Crippen molar-refractivity contribution in [2.45, 2.75) is 32.9 Å². The topological polar surface area (TPSA) is 90.7 Å². The van der Waals surface area contributed by atoms with Gasteiger partial charge in [-0.1, -0.05) is 32.0 Å². The normalized spacial score (nSPS) is 14.6. The maximum absolute atomic E-state index is 11.1. The average Bonchev–Trinajstić information content (AvgIpc) is 3.39. The number of rotatable bonds is 10. The molecule has 3 N–H and O–H groups in total. The second-order valence-corrected chi connectivity index (χ2v) is 10.5. The van der Waals surface area contributed by atoms with Gasteiger partial charge in [0, 0.05) is 68.6 Å². The zero-order chi connectivity index (χ0) is 28.9. The number of benzene rings is 2. The van der Waals surface area contributed by atoms with Gasteiger partial charge >= 0.3 is 0 Å². The van der Waals surface area contributed by atoms with Crippen LogP contribution >= 0.6 is 0 Å². The number of hydrogen-bond donors (Lipinski definition) is 3. The first-order chi connectivity index (χ1) is 19.9. The molecular formula is C32H41N7O2. The highest BCUT2D eigenvalue weighted by Crippen LogP contribution is 2.33. The molecule has 9 nitrogen and oxygen atoms in total. The number of hydrogen-bond acceptors (Lipinski definition) is 8. The highest BCUT2D eigenvalue weighted by molar-refractivity contribution is 5.69. The fourth-order valence-electron chi connectivity index (χ4n) is 5.37. The van der Waals surface area contributed by atoms with Gasteiger partial charge in [-0.3, -0.25) is 0 Å².